The number of Topliss-reactive ketones (excluding diaryl/α,β-unsaturated/α-hetero) is 1. The quantitative estimate of drug-likeness (QED) is 0.664. The lowest BCUT2D eigenvalue weighted by atomic mass is 10.2. The first-order chi connectivity index (χ1) is 7.13. The standard InChI is InChI=1S/C12H24N2O/c1-4-14(9-5-8-13(2)3)11-6-7-12(15)10-11/h11H,4-10H2,1-3H3. The molecule has 0 aromatic carbocycles. The molecule has 0 bridgehead atoms. The lowest BCUT2D eigenvalue weighted by molar-refractivity contribution is -0.117. The fourth-order valence-corrected chi connectivity index (χ4v) is 2.30. The molecular formula is C12H24N2O. The Morgan fingerprint density at radius 2 is 2.07 bits per heavy atom. The summed E-state index contributed by atoms with van der Waals surface area (Å²) >= 11 is 0. The van der Waals surface area contributed by atoms with Crippen molar-refractivity contribution >= 4 is 5.78 Å². The second kappa shape index (κ2) is 6.23. The van der Waals surface area contributed by atoms with Crippen molar-refractivity contribution in [3.8, 4) is 0 Å². The molecule has 1 aliphatic carbocycles. The molecule has 0 amide bonds. The zero-order valence-electron chi connectivity index (χ0n) is 10.3. The lowest BCUT2D eigenvalue weighted by Crippen LogP contribution is -2.35. The first-order valence-electron chi connectivity index (χ1n) is 6.04. The predicted octanol–water partition coefficient (Wildman–Crippen LogP) is 1.38. The first-order valence-corrected chi connectivity index (χ1v) is 6.04. The van der Waals surface area contributed by atoms with Gasteiger partial charge >= 0.3 is 0 Å². The minimum atomic E-state index is 0.450. The number of hydrogen-bond donors (Lipinski definition) is 0. The third kappa shape index (κ3) is 4.31. The monoisotopic (exact) mass is 212 g/mol. The van der Waals surface area contributed by atoms with Crippen LogP contribution in [0, 0.1) is 0 Å². The molecule has 0 N–H and O–H groups in total. The Kier molecular flexibility index (Phi) is 5.26. The van der Waals surface area contributed by atoms with Gasteiger partial charge in [-0.25, -0.2) is 0 Å². The van der Waals surface area contributed by atoms with E-state index < -0.39 is 0 Å². The van der Waals surface area contributed by atoms with Gasteiger partial charge in [-0.05, 0) is 46.6 Å². The average molecular weight is 212 g/mol. The highest BCUT2D eigenvalue weighted by Crippen LogP contribution is 2.20. The summed E-state index contributed by atoms with van der Waals surface area (Å²) in [6.07, 6.45) is 3.87. The van der Waals surface area contributed by atoms with Gasteiger partial charge in [-0.3, -0.25) is 4.79 Å². The number of ketones is 1. The van der Waals surface area contributed by atoms with E-state index in [1.807, 2.05) is 0 Å². The molecule has 0 radical (unpaired) electrons. The van der Waals surface area contributed by atoms with Crippen molar-refractivity contribution in [2.45, 2.75) is 38.6 Å². The maximum Gasteiger partial charge on any atom is 0.134 e. The van der Waals surface area contributed by atoms with Crippen LogP contribution in [0.3, 0.4) is 0 Å². The van der Waals surface area contributed by atoms with E-state index in [1.54, 1.807) is 0 Å². The molecular weight excluding hydrogens is 188 g/mol. The summed E-state index contributed by atoms with van der Waals surface area (Å²) in [5.41, 5.74) is 0. The number of hydrogen-bond acceptors (Lipinski definition) is 3. The van der Waals surface area contributed by atoms with Crippen molar-refractivity contribution in [2.24, 2.45) is 0 Å². The van der Waals surface area contributed by atoms with Crippen LogP contribution in [0.1, 0.15) is 32.6 Å². The van der Waals surface area contributed by atoms with Gasteiger partial charge < -0.3 is 9.80 Å². The Hall–Kier alpha value is -0.410. The van der Waals surface area contributed by atoms with Gasteiger partial charge in [0.2, 0.25) is 0 Å². The van der Waals surface area contributed by atoms with Crippen LogP contribution in [-0.4, -0.2) is 55.4 Å². The van der Waals surface area contributed by atoms with Gasteiger partial charge in [-0.2, -0.15) is 0 Å². The van der Waals surface area contributed by atoms with Crippen LogP contribution in [0.15, 0.2) is 0 Å². The summed E-state index contributed by atoms with van der Waals surface area (Å²) in [5.74, 6) is 0.450. The SMILES string of the molecule is CCN(CCCN(C)C)C1CCC(=O)C1. The van der Waals surface area contributed by atoms with Gasteiger partial charge in [0.15, 0.2) is 0 Å². The number of carbonyl (C=O) groups excluding carboxylic acids is 1. The van der Waals surface area contributed by atoms with Crippen molar-refractivity contribution in [1.29, 1.82) is 0 Å². The second-order valence-corrected chi connectivity index (χ2v) is 4.72. The van der Waals surface area contributed by atoms with E-state index in [0.29, 0.717) is 11.8 Å². The van der Waals surface area contributed by atoms with E-state index in [2.05, 4.69) is 30.8 Å². The van der Waals surface area contributed by atoms with Gasteiger partial charge in [0.05, 0.1) is 0 Å². The number of rotatable bonds is 6. The van der Waals surface area contributed by atoms with E-state index in [1.165, 1.54) is 6.42 Å². The van der Waals surface area contributed by atoms with Crippen molar-refractivity contribution in [2.75, 3.05) is 33.7 Å². The van der Waals surface area contributed by atoms with E-state index >= 15 is 0 Å². The minimum Gasteiger partial charge on any atom is -0.309 e. The Morgan fingerprint density at radius 1 is 1.33 bits per heavy atom. The zero-order valence-corrected chi connectivity index (χ0v) is 10.3. The van der Waals surface area contributed by atoms with Crippen LogP contribution in [0.4, 0.5) is 0 Å². The predicted molar refractivity (Wildman–Crippen MR) is 63.1 cm³/mol. The minimum absolute atomic E-state index is 0.450. The summed E-state index contributed by atoms with van der Waals surface area (Å²) < 4.78 is 0. The van der Waals surface area contributed by atoms with Crippen LogP contribution in [0.2, 0.25) is 0 Å². The molecule has 1 rings (SSSR count). The molecule has 0 aliphatic heterocycles. The van der Waals surface area contributed by atoms with E-state index in [9.17, 15) is 4.79 Å². The summed E-state index contributed by atoms with van der Waals surface area (Å²) in [7, 11) is 4.21. The van der Waals surface area contributed by atoms with Gasteiger partial charge in [-0.15, -0.1) is 0 Å². The highest BCUT2D eigenvalue weighted by molar-refractivity contribution is 5.81. The summed E-state index contributed by atoms with van der Waals surface area (Å²) in [6, 6.07) is 0.532. The molecule has 1 fully saturated rings. The number of nitrogens with zero attached hydrogens (tertiary/aromatic N) is 2. The molecule has 0 spiro atoms. The second-order valence-electron chi connectivity index (χ2n) is 4.72. The molecule has 88 valence electrons. The zero-order chi connectivity index (χ0) is 11.3. The molecule has 0 saturated heterocycles. The topological polar surface area (TPSA) is 23.6 Å². The molecule has 0 aromatic rings. The van der Waals surface area contributed by atoms with Crippen LogP contribution < -0.4 is 0 Å². The summed E-state index contributed by atoms with van der Waals surface area (Å²) in [6.45, 7) is 5.54. The molecule has 1 atom stereocenters. The van der Waals surface area contributed by atoms with Gasteiger partial charge in [0.1, 0.15) is 5.78 Å². The molecule has 0 heterocycles. The van der Waals surface area contributed by atoms with Gasteiger partial charge in [0, 0.05) is 18.9 Å². The highest BCUT2D eigenvalue weighted by atomic mass is 16.1. The van der Waals surface area contributed by atoms with E-state index in [0.717, 1.165) is 38.9 Å². The van der Waals surface area contributed by atoms with E-state index in [4.69, 9.17) is 0 Å². The van der Waals surface area contributed by atoms with Gasteiger partial charge in [-0.1, -0.05) is 6.92 Å². The van der Waals surface area contributed by atoms with E-state index in [-0.39, 0.29) is 0 Å². The van der Waals surface area contributed by atoms with Crippen molar-refractivity contribution in [3.05, 3.63) is 0 Å². The van der Waals surface area contributed by atoms with Crippen LogP contribution in [0.25, 0.3) is 0 Å². The van der Waals surface area contributed by atoms with Crippen LogP contribution in [0.5, 0.6) is 0 Å². The molecule has 1 aliphatic rings. The summed E-state index contributed by atoms with van der Waals surface area (Å²) in [5, 5.41) is 0. The van der Waals surface area contributed by atoms with Crippen molar-refractivity contribution < 1.29 is 4.79 Å². The number of carbonyl (C=O) groups is 1. The molecule has 3 nitrogen and oxygen atoms in total. The largest absolute Gasteiger partial charge is 0.309 e. The third-order valence-electron chi connectivity index (χ3n) is 3.19. The average Bonchev–Trinajstić information content (AvgIpc) is 2.59. The Bertz CT molecular complexity index is 204. The van der Waals surface area contributed by atoms with Crippen LogP contribution >= 0.6 is 0 Å². The fraction of sp³-hybridized carbons (Fsp3) is 0.917. The molecule has 3 heteroatoms. The third-order valence-corrected chi connectivity index (χ3v) is 3.19. The Morgan fingerprint density at radius 3 is 2.53 bits per heavy atom. The normalized spacial score (nSPS) is 21.9. The maximum absolute atomic E-state index is 11.2. The smallest absolute Gasteiger partial charge is 0.134 e. The Balaban J connectivity index is 2.26. The van der Waals surface area contributed by atoms with Gasteiger partial charge in [0.25, 0.3) is 0 Å². The van der Waals surface area contributed by atoms with Crippen molar-refractivity contribution in [1.82, 2.24) is 9.80 Å². The molecule has 15 heavy (non-hydrogen) atoms. The lowest BCUT2D eigenvalue weighted by Gasteiger charge is -2.27. The first kappa shape index (κ1) is 12.7. The van der Waals surface area contributed by atoms with Crippen molar-refractivity contribution in [3.63, 3.8) is 0 Å². The highest BCUT2D eigenvalue weighted by Gasteiger charge is 2.26. The summed E-state index contributed by atoms with van der Waals surface area (Å²) in [4.78, 5) is 15.9. The van der Waals surface area contributed by atoms with Crippen LogP contribution in [-0.2, 0) is 4.79 Å². The fourth-order valence-electron chi connectivity index (χ4n) is 2.30. The molecule has 0 aromatic heterocycles. The molecule has 1 unspecified atom stereocenters. The maximum atomic E-state index is 11.2. The molecule has 1 saturated carbocycles. The Labute approximate surface area is 93.4 Å².